The minimum absolute atomic E-state index is 0.00595. The van der Waals surface area contributed by atoms with Crippen LogP contribution < -0.4 is 5.56 Å². The molecule has 1 fully saturated rings. The lowest BCUT2D eigenvalue weighted by Crippen LogP contribution is -2.49. The molecule has 2 atom stereocenters. The van der Waals surface area contributed by atoms with E-state index in [0.717, 1.165) is 11.6 Å². The summed E-state index contributed by atoms with van der Waals surface area (Å²) in [6, 6.07) is 4.25. The Labute approximate surface area is 295 Å². The summed E-state index contributed by atoms with van der Waals surface area (Å²) in [6.07, 6.45) is -13.4. The van der Waals surface area contributed by atoms with Gasteiger partial charge < -0.3 is 5.11 Å². The van der Waals surface area contributed by atoms with Crippen LogP contribution >= 0.6 is 0 Å². The summed E-state index contributed by atoms with van der Waals surface area (Å²) in [7, 11) is 0. The number of carboxylic acids is 1. The van der Waals surface area contributed by atoms with Gasteiger partial charge in [-0.15, -0.1) is 0 Å². The average Bonchev–Trinajstić information content (AvgIpc) is 2.98. The number of hydrogen-bond acceptors (Lipinski definition) is 5. The van der Waals surface area contributed by atoms with Crippen LogP contribution in [0.2, 0.25) is 0 Å². The number of likely N-dealkylation sites (tertiary alicyclic amines) is 1. The van der Waals surface area contributed by atoms with Crippen molar-refractivity contribution in [1.82, 2.24) is 14.7 Å². The SMILES string of the molecule is Cc1cc(C)c(-c2cc([C@@H](CCC(=O)[C@H](CC(C)C)n3nc(CCN4CC(F)C4)c(C(F)(F)F)cc3=O)CC(=O)O)c(F)c(C(F)(F)F)c2)c(C)c1. The zero-order chi connectivity index (χ0) is 38.9. The maximum Gasteiger partial charge on any atom is 0.419 e. The van der Waals surface area contributed by atoms with Gasteiger partial charge in [-0.25, -0.2) is 13.5 Å². The van der Waals surface area contributed by atoms with Crippen LogP contribution in [0.5, 0.6) is 0 Å². The van der Waals surface area contributed by atoms with E-state index in [2.05, 4.69) is 5.10 Å². The van der Waals surface area contributed by atoms with E-state index in [0.29, 0.717) is 33.5 Å². The second-order valence-corrected chi connectivity index (χ2v) is 14.0. The Kier molecular flexibility index (Phi) is 12.4. The van der Waals surface area contributed by atoms with Crippen molar-refractivity contribution in [2.24, 2.45) is 5.92 Å². The van der Waals surface area contributed by atoms with E-state index >= 15 is 4.39 Å². The molecule has 0 unspecified atom stereocenters. The van der Waals surface area contributed by atoms with E-state index in [4.69, 9.17) is 0 Å². The number of carboxylic acid groups (broad SMARTS) is 1. The molecule has 2 aromatic carbocycles. The monoisotopic (exact) mass is 743 g/mol. The molecule has 7 nitrogen and oxygen atoms in total. The van der Waals surface area contributed by atoms with Crippen LogP contribution in [0.4, 0.5) is 35.1 Å². The Morgan fingerprint density at radius 3 is 2.06 bits per heavy atom. The van der Waals surface area contributed by atoms with Crippen LogP contribution in [0.1, 0.15) is 90.6 Å². The van der Waals surface area contributed by atoms with Gasteiger partial charge >= 0.3 is 18.3 Å². The van der Waals surface area contributed by atoms with Crippen molar-refractivity contribution < 1.29 is 49.8 Å². The molecule has 3 aromatic rings. The minimum Gasteiger partial charge on any atom is -0.481 e. The van der Waals surface area contributed by atoms with Crippen molar-refractivity contribution in [2.75, 3.05) is 19.6 Å². The average molecular weight is 744 g/mol. The van der Waals surface area contributed by atoms with Gasteiger partial charge in [0.15, 0.2) is 5.78 Å². The van der Waals surface area contributed by atoms with E-state index < -0.39 is 95.3 Å². The molecule has 1 N–H and O–H groups in total. The highest BCUT2D eigenvalue weighted by atomic mass is 19.4. The van der Waals surface area contributed by atoms with Crippen molar-refractivity contribution in [3.05, 3.63) is 85.6 Å². The Morgan fingerprint density at radius 2 is 1.54 bits per heavy atom. The second-order valence-electron chi connectivity index (χ2n) is 14.0. The lowest BCUT2D eigenvalue weighted by atomic mass is 9.84. The third kappa shape index (κ3) is 9.64. The number of benzene rings is 2. The molecule has 2 heterocycles. The first kappa shape index (κ1) is 40.6. The van der Waals surface area contributed by atoms with Crippen LogP contribution in [0.15, 0.2) is 35.1 Å². The zero-order valence-corrected chi connectivity index (χ0v) is 29.4. The molecular weight excluding hydrogens is 702 g/mol. The topological polar surface area (TPSA) is 92.5 Å². The number of nitrogens with zero attached hydrogens (tertiary/aromatic N) is 3. The summed E-state index contributed by atoms with van der Waals surface area (Å²) >= 11 is 0. The number of alkyl halides is 7. The minimum atomic E-state index is -5.15. The molecule has 284 valence electrons. The van der Waals surface area contributed by atoms with Crippen molar-refractivity contribution in [3.8, 4) is 11.1 Å². The van der Waals surface area contributed by atoms with Crippen LogP contribution in [-0.2, 0) is 28.4 Å². The molecule has 1 saturated heterocycles. The van der Waals surface area contributed by atoms with Crippen molar-refractivity contribution in [2.45, 2.75) is 97.2 Å². The first-order valence-corrected chi connectivity index (χ1v) is 16.9. The van der Waals surface area contributed by atoms with Crippen LogP contribution in [0.3, 0.4) is 0 Å². The van der Waals surface area contributed by atoms with E-state index in [9.17, 15) is 50.2 Å². The van der Waals surface area contributed by atoms with Gasteiger partial charge in [0.1, 0.15) is 18.0 Å². The quantitative estimate of drug-likeness (QED) is 0.167. The highest BCUT2D eigenvalue weighted by Crippen LogP contribution is 2.41. The van der Waals surface area contributed by atoms with E-state index in [1.807, 2.05) is 0 Å². The van der Waals surface area contributed by atoms with Crippen LogP contribution in [0.25, 0.3) is 11.1 Å². The fraction of sp³-hybridized carbons (Fsp3) is 0.514. The fourth-order valence-electron chi connectivity index (χ4n) is 6.92. The second kappa shape index (κ2) is 15.8. The molecule has 0 amide bonds. The summed E-state index contributed by atoms with van der Waals surface area (Å²) in [6.45, 7) is 8.63. The van der Waals surface area contributed by atoms with Gasteiger partial charge in [0.2, 0.25) is 0 Å². The van der Waals surface area contributed by atoms with Crippen LogP contribution in [0, 0.1) is 32.5 Å². The number of halogens is 8. The Balaban J connectivity index is 1.74. The molecule has 15 heteroatoms. The Hall–Kier alpha value is -4.14. The van der Waals surface area contributed by atoms with Crippen LogP contribution in [-0.4, -0.2) is 57.3 Å². The van der Waals surface area contributed by atoms with Gasteiger partial charge in [-0.1, -0.05) is 31.5 Å². The molecule has 0 aliphatic carbocycles. The molecule has 0 saturated carbocycles. The summed E-state index contributed by atoms with van der Waals surface area (Å²) in [5.41, 5.74) is -2.74. The smallest absolute Gasteiger partial charge is 0.419 e. The molecule has 0 spiro atoms. The summed E-state index contributed by atoms with van der Waals surface area (Å²) in [5.74, 6) is -5.62. The standard InChI is InChI=1S/C37H41F8N3O4/c1-19(2)10-30(48-32(50)16-27(36(40,41)42)29(46-48)8-9-47-17-25(38)18-47)31(49)7-6-23(15-33(51)52)26-13-24(14-28(35(26)39)37(43,44)45)34-21(4)11-20(3)12-22(34)5/h11-14,16,19,23,25,30H,6-10,15,17-18H2,1-5H3,(H,51,52)/t23-,30-/m0/s1. The zero-order valence-electron chi connectivity index (χ0n) is 29.4. The number of aryl methyl sites for hydroxylation is 3. The van der Waals surface area contributed by atoms with Gasteiger partial charge in [0, 0.05) is 38.5 Å². The molecule has 1 aromatic heterocycles. The van der Waals surface area contributed by atoms with E-state index in [1.165, 1.54) is 0 Å². The highest BCUT2D eigenvalue weighted by molar-refractivity contribution is 5.82. The molecule has 4 rings (SSSR count). The van der Waals surface area contributed by atoms with Gasteiger partial charge in [0.05, 0.1) is 23.2 Å². The first-order valence-electron chi connectivity index (χ1n) is 16.9. The van der Waals surface area contributed by atoms with Gasteiger partial charge in [-0.05, 0) is 85.4 Å². The van der Waals surface area contributed by atoms with Gasteiger partial charge in [-0.2, -0.15) is 31.4 Å². The summed E-state index contributed by atoms with van der Waals surface area (Å²) in [4.78, 5) is 40.5. The number of carbonyl (C=O) groups is 2. The third-order valence-corrected chi connectivity index (χ3v) is 9.25. The predicted octanol–water partition coefficient (Wildman–Crippen LogP) is 8.40. The fourth-order valence-corrected chi connectivity index (χ4v) is 6.92. The van der Waals surface area contributed by atoms with Crippen molar-refractivity contribution >= 4 is 11.8 Å². The Morgan fingerprint density at radius 1 is 0.942 bits per heavy atom. The largest absolute Gasteiger partial charge is 0.481 e. The third-order valence-electron chi connectivity index (χ3n) is 9.25. The molecular formula is C37H41F8N3O4. The number of carbonyl (C=O) groups excluding carboxylic acids is 1. The normalized spacial score (nSPS) is 15.5. The number of ketones is 1. The molecule has 1 aliphatic rings. The highest BCUT2D eigenvalue weighted by Gasteiger charge is 2.39. The number of aromatic nitrogens is 2. The lowest BCUT2D eigenvalue weighted by molar-refractivity contribution is -0.140. The van der Waals surface area contributed by atoms with Gasteiger partial charge in [-0.3, -0.25) is 19.3 Å². The summed E-state index contributed by atoms with van der Waals surface area (Å²) < 4.78 is 114. The number of aliphatic carboxylic acids is 1. The molecule has 52 heavy (non-hydrogen) atoms. The summed E-state index contributed by atoms with van der Waals surface area (Å²) in [5, 5.41) is 13.7. The van der Waals surface area contributed by atoms with E-state index in [1.54, 1.807) is 51.7 Å². The molecule has 0 bridgehead atoms. The number of rotatable bonds is 14. The maximum absolute atomic E-state index is 15.8. The van der Waals surface area contributed by atoms with Crippen molar-refractivity contribution in [3.63, 3.8) is 0 Å². The Bertz CT molecular complexity index is 1840. The first-order chi connectivity index (χ1) is 24.1. The predicted molar refractivity (Wildman–Crippen MR) is 177 cm³/mol. The number of hydrogen-bond donors (Lipinski definition) is 1. The lowest BCUT2D eigenvalue weighted by Gasteiger charge is -2.34. The molecule has 1 aliphatic heterocycles. The van der Waals surface area contributed by atoms with Crippen molar-refractivity contribution in [1.29, 1.82) is 0 Å². The number of Topliss-reactive ketones (excluding diaryl/α,β-unsaturated/α-hetero) is 1. The molecule has 0 radical (unpaired) electrons. The van der Waals surface area contributed by atoms with E-state index in [-0.39, 0.29) is 44.0 Å². The maximum atomic E-state index is 15.8. The van der Waals surface area contributed by atoms with Gasteiger partial charge in [0.25, 0.3) is 5.56 Å².